The molecule has 148 valence electrons. The number of halogens is 1. The molecule has 0 aliphatic carbocycles. The van der Waals surface area contributed by atoms with E-state index in [9.17, 15) is 9.18 Å². The fraction of sp³-hybridized carbons (Fsp3) is 0.182. The topological polar surface area (TPSA) is 51.1 Å². The van der Waals surface area contributed by atoms with Crippen LogP contribution in [0.25, 0.3) is 6.08 Å². The molecule has 5 nitrogen and oxygen atoms in total. The highest BCUT2D eigenvalue weighted by Crippen LogP contribution is 2.36. The molecule has 0 unspecified atom stereocenters. The third kappa shape index (κ3) is 4.61. The van der Waals surface area contributed by atoms with Gasteiger partial charge in [0.25, 0.3) is 5.91 Å². The van der Waals surface area contributed by atoms with Gasteiger partial charge in [0, 0.05) is 6.54 Å². The molecule has 29 heavy (non-hydrogen) atoms. The molecule has 2 aromatic rings. The van der Waals surface area contributed by atoms with Crippen molar-refractivity contribution in [3.63, 3.8) is 0 Å². The summed E-state index contributed by atoms with van der Waals surface area (Å²) in [4.78, 5) is 19.1. The van der Waals surface area contributed by atoms with E-state index >= 15 is 0 Å². The van der Waals surface area contributed by atoms with E-state index in [4.69, 9.17) is 15.9 Å². The number of aliphatic imine (C=N–C) groups is 1. The van der Waals surface area contributed by atoms with Crippen molar-refractivity contribution in [2.75, 3.05) is 20.3 Å². The summed E-state index contributed by atoms with van der Waals surface area (Å²) in [7, 11) is 1.53. The summed E-state index contributed by atoms with van der Waals surface area (Å²) in [5.74, 6) is 2.82. The maximum Gasteiger partial charge on any atom is 0.266 e. The molecule has 0 saturated carbocycles. The minimum Gasteiger partial charge on any atom is -0.493 e. The molecule has 1 aliphatic rings. The smallest absolute Gasteiger partial charge is 0.266 e. The quantitative estimate of drug-likeness (QED) is 0.521. The molecule has 0 aromatic heterocycles. The van der Waals surface area contributed by atoms with Gasteiger partial charge in [-0.3, -0.25) is 9.69 Å². The molecule has 0 N–H and O–H groups in total. The third-order valence-electron chi connectivity index (χ3n) is 4.07. The summed E-state index contributed by atoms with van der Waals surface area (Å²) in [5.41, 5.74) is 0.952. The molecule has 7 heteroatoms. The first-order valence-corrected chi connectivity index (χ1v) is 9.68. The van der Waals surface area contributed by atoms with Crippen LogP contribution in [0.2, 0.25) is 0 Å². The summed E-state index contributed by atoms with van der Waals surface area (Å²) >= 11 is 1.20. The first-order chi connectivity index (χ1) is 14.1. The van der Waals surface area contributed by atoms with Crippen molar-refractivity contribution in [1.82, 2.24) is 4.90 Å². The molecule has 0 bridgehead atoms. The first kappa shape index (κ1) is 20.5. The lowest BCUT2D eigenvalue weighted by atomic mass is 10.2. The van der Waals surface area contributed by atoms with Gasteiger partial charge in [-0.2, -0.15) is 0 Å². The predicted molar refractivity (Wildman–Crippen MR) is 114 cm³/mol. The van der Waals surface area contributed by atoms with Crippen LogP contribution in [-0.4, -0.2) is 36.2 Å². The van der Waals surface area contributed by atoms with Gasteiger partial charge in [-0.15, -0.1) is 6.42 Å². The number of nitrogens with zero attached hydrogens (tertiary/aromatic N) is 2. The number of methoxy groups -OCH3 is 1. The van der Waals surface area contributed by atoms with E-state index in [-0.39, 0.29) is 18.2 Å². The minimum absolute atomic E-state index is 0.131. The van der Waals surface area contributed by atoms with Crippen LogP contribution in [-0.2, 0) is 4.79 Å². The lowest BCUT2D eigenvalue weighted by Crippen LogP contribution is -2.28. The zero-order valence-corrected chi connectivity index (χ0v) is 16.8. The number of hydrogen-bond acceptors (Lipinski definition) is 5. The number of hydrogen-bond donors (Lipinski definition) is 0. The second-order valence-corrected chi connectivity index (χ2v) is 6.92. The highest BCUT2D eigenvalue weighted by molar-refractivity contribution is 8.18. The Kier molecular flexibility index (Phi) is 6.57. The van der Waals surface area contributed by atoms with Crippen LogP contribution in [0.3, 0.4) is 0 Å². The molecule has 1 heterocycles. The first-order valence-electron chi connectivity index (χ1n) is 8.86. The van der Waals surface area contributed by atoms with Crippen molar-refractivity contribution in [3.05, 3.63) is 58.8 Å². The van der Waals surface area contributed by atoms with Crippen LogP contribution in [0.15, 0.2) is 52.4 Å². The number of thioether (sulfide) groups is 1. The van der Waals surface area contributed by atoms with Crippen LogP contribution in [0.4, 0.5) is 10.1 Å². The fourth-order valence-electron chi connectivity index (χ4n) is 2.68. The number of carbonyl (C=O) groups is 1. The number of benzene rings is 2. The van der Waals surface area contributed by atoms with E-state index in [1.807, 2.05) is 6.92 Å². The Labute approximate surface area is 173 Å². The highest BCUT2D eigenvalue weighted by atomic mass is 32.2. The molecule has 0 atom stereocenters. The standard InChI is InChI=1S/C22H19FN2O3S/c1-4-12-28-18-11-10-15(13-19(18)27-3)14-20-21(26)25(5-2)22(29-20)24-17-9-7-6-8-16(17)23/h1,6-11,13-14H,5,12H2,2-3H3/b20-14+,24-22?. The van der Waals surface area contributed by atoms with E-state index in [0.29, 0.717) is 28.1 Å². The summed E-state index contributed by atoms with van der Waals surface area (Å²) in [6.45, 7) is 2.41. The van der Waals surface area contributed by atoms with Crippen molar-refractivity contribution in [2.24, 2.45) is 4.99 Å². The van der Waals surface area contributed by atoms with Crippen molar-refractivity contribution in [3.8, 4) is 23.8 Å². The van der Waals surface area contributed by atoms with Crippen molar-refractivity contribution >= 4 is 34.6 Å². The Morgan fingerprint density at radius 2 is 2.07 bits per heavy atom. The zero-order chi connectivity index (χ0) is 20.8. The summed E-state index contributed by atoms with van der Waals surface area (Å²) in [6, 6.07) is 11.5. The summed E-state index contributed by atoms with van der Waals surface area (Å²) in [5, 5.41) is 0.440. The molecule has 1 saturated heterocycles. The second kappa shape index (κ2) is 9.30. The summed E-state index contributed by atoms with van der Waals surface area (Å²) in [6.07, 6.45) is 6.96. The molecular formula is C22H19FN2O3S. The van der Waals surface area contributed by atoms with Crippen LogP contribution in [0, 0.1) is 18.2 Å². The third-order valence-corrected chi connectivity index (χ3v) is 5.08. The average molecular weight is 410 g/mol. The van der Waals surface area contributed by atoms with Crippen LogP contribution >= 0.6 is 11.8 Å². The van der Waals surface area contributed by atoms with E-state index in [2.05, 4.69) is 10.9 Å². The normalized spacial score (nSPS) is 16.3. The molecule has 0 spiro atoms. The van der Waals surface area contributed by atoms with Crippen LogP contribution in [0.5, 0.6) is 11.5 Å². The van der Waals surface area contributed by atoms with Crippen molar-refractivity contribution in [1.29, 1.82) is 0 Å². The molecule has 1 aliphatic heterocycles. The lowest BCUT2D eigenvalue weighted by molar-refractivity contribution is -0.122. The largest absolute Gasteiger partial charge is 0.493 e. The van der Waals surface area contributed by atoms with E-state index in [0.717, 1.165) is 5.56 Å². The SMILES string of the molecule is C#CCOc1ccc(/C=C2/SC(=Nc3ccccc3F)N(CC)C2=O)cc1OC. The van der Waals surface area contributed by atoms with E-state index in [1.54, 1.807) is 42.5 Å². The maximum atomic E-state index is 14.0. The second-order valence-electron chi connectivity index (χ2n) is 5.91. The Morgan fingerprint density at radius 1 is 1.28 bits per heavy atom. The van der Waals surface area contributed by atoms with E-state index < -0.39 is 5.82 Å². The van der Waals surface area contributed by atoms with Crippen molar-refractivity contribution < 1.29 is 18.7 Å². The van der Waals surface area contributed by atoms with Gasteiger partial charge in [0.1, 0.15) is 18.1 Å². The Morgan fingerprint density at radius 3 is 2.76 bits per heavy atom. The molecule has 2 aromatic carbocycles. The van der Waals surface area contributed by atoms with Gasteiger partial charge in [0.15, 0.2) is 16.7 Å². The number of amides is 1. The van der Waals surface area contributed by atoms with Crippen LogP contribution < -0.4 is 9.47 Å². The van der Waals surface area contributed by atoms with E-state index in [1.165, 1.54) is 29.8 Å². The van der Waals surface area contributed by atoms with Gasteiger partial charge in [-0.25, -0.2) is 9.38 Å². The number of rotatable bonds is 6. The van der Waals surface area contributed by atoms with Crippen molar-refractivity contribution in [2.45, 2.75) is 6.92 Å². The number of likely N-dealkylation sites (N-methyl/N-ethyl adjacent to an activating group) is 1. The highest BCUT2D eigenvalue weighted by Gasteiger charge is 2.32. The number of para-hydroxylation sites is 1. The van der Waals surface area contributed by atoms with Gasteiger partial charge in [0.2, 0.25) is 0 Å². The van der Waals surface area contributed by atoms with Gasteiger partial charge in [-0.1, -0.05) is 24.1 Å². The monoisotopic (exact) mass is 410 g/mol. The lowest BCUT2D eigenvalue weighted by Gasteiger charge is -2.12. The average Bonchev–Trinajstić information content (AvgIpc) is 3.02. The predicted octanol–water partition coefficient (Wildman–Crippen LogP) is 4.47. The Balaban J connectivity index is 1.91. The fourth-order valence-corrected chi connectivity index (χ4v) is 3.74. The summed E-state index contributed by atoms with van der Waals surface area (Å²) < 4.78 is 24.7. The molecule has 3 rings (SSSR count). The maximum absolute atomic E-state index is 14.0. The number of ether oxygens (including phenoxy) is 2. The van der Waals surface area contributed by atoms with Crippen LogP contribution in [0.1, 0.15) is 12.5 Å². The number of amidine groups is 1. The molecular weight excluding hydrogens is 391 g/mol. The zero-order valence-electron chi connectivity index (χ0n) is 16.0. The number of terminal acetylenes is 1. The molecule has 1 amide bonds. The molecule has 1 fully saturated rings. The van der Waals surface area contributed by atoms with Gasteiger partial charge >= 0.3 is 0 Å². The minimum atomic E-state index is -0.436. The number of carbonyl (C=O) groups excluding carboxylic acids is 1. The molecule has 0 radical (unpaired) electrons. The van der Waals surface area contributed by atoms with Gasteiger partial charge < -0.3 is 9.47 Å². The van der Waals surface area contributed by atoms with Gasteiger partial charge in [-0.05, 0) is 54.6 Å². The Hall–Kier alpha value is -3.24. The Bertz CT molecular complexity index is 1030. The van der Waals surface area contributed by atoms with Gasteiger partial charge in [0.05, 0.1) is 12.0 Å².